The molecule has 1 aliphatic heterocycles. The zero-order valence-electron chi connectivity index (χ0n) is 11.6. The van der Waals surface area contributed by atoms with Gasteiger partial charge in [-0.2, -0.15) is 0 Å². The van der Waals surface area contributed by atoms with E-state index in [1.807, 2.05) is 4.90 Å². The number of likely N-dealkylation sites (tertiary alicyclic amines) is 1. The summed E-state index contributed by atoms with van der Waals surface area (Å²) in [6.45, 7) is 0.846. The molecular weight excluding hydrogens is 254 g/mol. The number of rotatable bonds is 3. The lowest BCUT2D eigenvalue weighted by Crippen LogP contribution is -2.39. The van der Waals surface area contributed by atoms with Crippen molar-refractivity contribution < 1.29 is 4.79 Å². The summed E-state index contributed by atoms with van der Waals surface area (Å²) < 4.78 is 0. The van der Waals surface area contributed by atoms with Gasteiger partial charge in [0.05, 0.1) is 0 Å². The summed E-state index contributed by atoms with van der Waals surface area (Å²) in [5.41, 5.74) is 2.83. The molecule has 2 fully saturated rings. The molecular formula is C14H21N5O. The number of hydrogen-bond donors (Lipinski definition) is 2. The van der Waals surface area contributed by atoms with Crippen molar-refractivity contribution in [1.82, 2.24) is 15.1 Å². The normalized spacial score (nSPS) is 23.2. The minimum atomic E-state index is 0.00970. The molecule has 20 heavy (non-hydrogen) atoms. The van der Waals surface area contributed by atoms with Gasteiger partial charge >= 0.3 is 0 Å². The van der Waals surface area contributed by atoms with Crippen molar-refractivity contribution in [3.05, 3.63) is 17.8 Å². The van der Waals surface area contributed by atoms with Gasteiger partial charge in [0.15, 0.2) is 11.5 Å². The highest BCUT2D eigenvalue weighted by Gasteiger charge is 2.36. The molecule has 6 heteroatoms. The molecule has 108 valence electrons. The standard InChI is InChI=1S/C14H21N5O/c15-16-13-8-7-11(17-18-13)14(20)19-9-3-6-12(19)10-4-1-2-5-10/h7-8,10,12H,1-6,9,15H2,(H,16,18). The molecule has 3 rings (SSSR count). The first-order chi connectivity index (χ1) is 9.79. The molecule has 3 N–H and O–H groups in total. The van der Waals surface area contributed by atoms with Crippen LogP contribution in [0.1, 0.15) is 49.0 Å². The first-order valence-electron chi connectivity index (χ1n) is 7.41. The van der Waals surface area contributed by atoms with Crippen LogP contribution in [0.3, 0.4) is 0 Å². The number of hydrazine groups is 1. The highest BCUT2D eigenvalue weighted by atomic mass is 16.2. The third-order valence-electron chi connectivity index (χ3n) is 4.54. The summed E-state index contributed by atoms with van der Waals surface area (Å²) >= 11 is 0. The Balaban J connectivity index is 1.74. The van der Waals surface area contributed by atoms with E-state index in [0.29, 0.717) is 23.5 Å². The topological polar surface area (TPSA) is 84.1 Å². The van der Waals surface area contributed by atoms with Crippen molar-refractivity contribution >= 4 is 11.7 Å². The highest BCUT2D eigenvalue weighted by molar-refractivity contribution is 5.92. The maximum atomic E-state index is 12.6. The highest BCUT2D eigenvalue weighted by Crippen LogP contribution is 2.35. The number of aromatic nitrogens is 2. The fourth-order valence-electron chi connectivity index (χ4n) is 3.55. The second-order valence-corrected chi connectivity index (χ2v) is 5.70. The van der Waals surface area contributed by atoms with Crippen LogP contribution in [0.2, 0.25) is 0 Å². The van der Waals surface area contributed by atoms with E-state index >= 15 is 0 Å². The van der Waals surface area contributed by atoms with Crippen LogP contribution in [0.25, 0.3) is 0 Å². The molecule has 1 atom stereocenters. The number of amides is 1. The molecule has 1 saturated heterocycles. The van der Waals surface area contributed by atoms with Crippen LogP contribution in [-0.4, -0.2) is 33.6 Å². The maximum absolute atomic E-state index is 12.6. The average molecular weight is 275 g/mol. The van der Waals surface area contributed by atoms with E-state index in [9.17, 15) is 4.79 Å². The van der Waals surface area contributed by atoms with Crippen molar-refractivity contribution in [3.8, 4) is 0 Å². The van der Waals surface area contributed by atoms with Crippen molar-refractivity contribution in [2.75, 3.05) is 12.0 Å². The first-order valence-corrected chi connectivity index (χ1v) is 7.41. The van der Waals surface area contributed by atoms with Crippen molar-refractivity contribution in [2.24, 2.45) is 11.8 Å². The maximum Gasteiger partial charge on any atom is 0.274 e. The smallest absolute Gasteiger partial charge is 0.274 e. The summed E-state index contributed by atoms with van der Waals surface area (Å²) in [6.07, 6.45) is 7.36. The molecule has 0 spiro atoms. The van der Waals surface area contributed by atoms with Crippen molar-refractivity contribution in [2.45, 2.75) is 44.6 Å². The fourth-order valence-corrected chi connectivity index (χ4v) is 3.55. The minimum Gasteiger partial charge on any atom is -0.334 e. The van der Waals surface area contributed by atoms with E-state index < -0.39 is 0 Å². The molecule has 1 unspecified atom stereocenters. The largest absolute Gasteiger partial charge is 0.334 e. The Morgan fingerprint density at radius 3 is 2.65 bits per heavy atom. The lowest BCUT2D eigenvalue weighted by Gasteiger charge is -2.29. The number of nitrogens with zero attached hydrogens (tertiary/aromatic N) is 3. The van der Waals surface area contributed by atoms with Gasteiger partial charge in [0.25, 0.3) is 5.91 Å². The molecule has 1 aliphatic carbocycles. The molecule has 0 radical (unpaired) electrons. The Labute approximate surface area is 118 Å². The van der Waals surface area contributed by atoms with E-state index in [4.69, 9.17) is 5.84 Å². The number of nitrogens with one attached hydrogen (secondary N) is 1. The third-order valence-corrected chi connectivity index (χ3v) is 4.54. The van der Waals surface area contributed by atoms with Crippen LogP contribution < -0.4 is 11.3 Å². The van der Waals surface area contributed by atoms with Crippen LogP contribution in [0.15, 0.2) is 12.1 Å². The minimum absolute atomic E-state index is 0.00970. The van der Waals surface area contributed by atoms with E-state index in [1.54, 1.807) is 12.1 Å². The average Bonchev–Trinajstić information content (AvgIpc) is 3.16. The summed E-state index contributed by atoms with van der Waals surface area (Å²) in [5, 5.41) is 7.85. The van der Waals surface area contributed by atoms with E-state index in [1.165, 1.54) is 25.7 Å². The summed E-state index contributed by atoms with van der Waals surface area (Å²) in [6, 6.07) is 3.77. The number of nitrogen functional groups attached to an aromatic ring is 1. The monoisotopic (exact) mass is 275 g/mol. The fraction of sp³-hybridized carbons (Fsp3) is 0.643. The molecule has 0 aromatic carbocycles. The molecule has 1 aromatic rings. The van der Waals surface area contributed by atoms with E-state index in [0.717, 1.165) is 19.4 Å². The Morgan fingerprint density at radius 1 is 1.20 bits per heavy atom. The van der Waals surface area contributed by atoms with Crippen molar-refractivity contribution in [1.29, 1.82) is 0 Å². The van der Waals surface area contributed by atoms with Crippen LogP contribution in [-0.2, 0) is 0 Å². The predicted molar refractivity (Wildman–Crippen MR) is 75.9 cm³/mol. The second-order valence-electron chi connectivity index (χ2n) is 5.70. The van der Waals surface area contributed by atoms with Gasteiger partial charge < -0.3 is 10.3 Å². The zero-order valence-corrected chi connectivity index (χ0v) is 11.6. The van der Waals surface area contributed by atoms with Gasteiger partial charge in [0, 0.05) is 12.6 Å². The quantitative estimate of drug-likeness (QED) is 0.646. The van der Waals surface area contributed by atoms with Gasteiger partial charge in [0.1, 0.15) is 0 Å². The number of nitrogens with two attached hydrogens (primary N) is 1. The molecule has 2 heterocycles. The SMILES string of the molecule is NNc1ccc(C(=O)N2CCCC2C2CCCC2)nn1. The van der Waals surface area contributed by atoms with Gasteiger partial charge in [-0.25, -0.2) is 5.84 Å². The number of carbonyl (C=O) groups excluding carboxylic acids is 1. The number of anilines is 1. The molecule has 1 aromatic heterocycles. The summed E-state index contributed by atoms with van der Waals surface area (Å²) in [4.78, 5) is 14.6. The van der Waals surface area contributed by atoms with Crippen LogP contribution >= 0.6 is 0 Å². The molecule has 1 saturated carbocycles. The van der Waals surface area contributed by atoms with Gasteiger partial charge in [-0.15, -0.1) is 10.2 Å². The van der Waals surface area contributed by atoms with Crippen LogP contribution in [0.4, 0.5) is 5.82 Å². The van der Waals surface area contributed by atoms with Gasteiger partial charge in [-0.1, -0.05) is 12.8 Å². The lowest BCUT2D eigenvalue weighted by atomic mass is 9.96. The molecule has 6 nitrogen and oxygen atoms in total. The first kappa shape index (κ1) is 13.3. The predicted octanol–water partition coefficient (Wildman–Crippen LogP) is 1.56. The summed E-state index contributed by atoms with van der Waals surface area (Å²) in [7, 11) is 0. The Hall–Kier alpha value is -1.69. The van der Waals surface area contributed by atoms with Crippen molar-refractivity contribution in [3.63, 3.8) is 0 Å². The lowest BCUT2D eigenvalue weighted by molar-refractivity contribution is 0.0682. The van der Waals surface area contributed by atoms with E-state index in [2.05, 4.69) is 15.6 Å². The summed E-state index contributed by atoms with van der Waals surface area (Å²) in [5.74, 6) is 6.41. The van der Waals surface area contributed by atoms with E-state index in [-0.39, 0.29) is 5.91 Å². The van der Waals surface area contributed by atoms with Crippen LogP contribution in [0.5, 0.6) is 0 Å². The van der Waals surface area contributed by atoms with Crippen LogP contribution in [0, 0.1) is 5.92 Å². The number of hydrogen-bond acceptors (Lipinski definition) is 5. The number of carbonyl (C=O) groups is 1. The second kappa shape index (κ2) is 5.75. The Bertz CT molecular complexity index is 469. The third kappa shape index (κ3) is 2.47. The Morgan fingerprint density at radius 2 is 2.00 bits per heavy atom. The molecule has 2 aliphatic rings. The van der Waals surface area contributed by atoms with Gasteiger partial charge in [0.2, 0.25) is 0 Å². The Kier molecular flexibility index (Phi) is 3.82. The van der Waals surface area contributed by atoms with Gasteiger partial charge in [-0.05, 0) is 43.7 Å². The molecule has 1 amide bonds. The molecule has 0 bridgehead atoms. The zero-order chi connectivity index (χ0) is 13.9. The van der Waals surface area contributed by atoms with Gasteiger partial charge in [-0.3, -0.25) is 4.79 Å².